The van der Waals surface area contributed by atoms with Gasteiger partial charge in [0.05, 0.1) is 24.9 Å². The van der Waals surface area contributed by atoms with Gasteiger partial charge in [-0.15, -0.1) is 5.10 Å². The first-order valence-electron chi connectivity index (χ1n) is 8.57. The quantitative estimate of drug-likeness (QED) is 0.800. The first-order chi connectivity index (χ1) is 10.3. The molecule has 1 aromatic rings. The van der Waals surface area contributed by atoms with Crippen LogP contribution in [0.4, 0.5) is 0 Å². The zero-order chi connectivity index (χ0) is 14.5. The second-order valence-corrected chi connectivity index (χ2v) is 6.56. The smallest absolute Gasteiger partial charge is 0.0964 e. The Morgan fingerprint density at radius 3 is 3.05 bits per heavy atom. The van der Waals surface area contributed by atoms with Gasteiger partial charge >= 0.3 is 0 Å². The van der Waals surface area contributed by atoms with Gasteiger partial charge in [0.25, 0.3) is 0 Å². The normalized spacial score (nSPS) is 26.1. The lowest BCUT2D eigenvalue weighted by molar-refractivity contribution is 0.00752. The number of rotatable bonds is 8. The van der Waals surface area contributed by atoms with E-state index < -0.39 is 0 Å². The first kappa shape index (κ1) is 15.0. The molecule has 0 bridgehead atoms. The molecule has 118 valence electrons. The lowest BCUT2D eigenvalue weighted by Crippen LogP contribution is -2.24. The van der Waals surface area contributed by atoms with Crippen molar-refractivity contribution in [3.63, 3.8) is 0 Å². The fourth-order valence-corrected chi connectivity index (χ4v) is 3.14. The summed E-state index contributed by atoms with van der Waals surface area (Å²) in [6, 6.07) is 0.719. The van der Waals surface area contributed by atoms with E-state index in [-0.39, 0.29) is 0 Å². The van der Waals surface area contributed by atoms with E-state index in [9.17, 15) is 0 Å². The zero-order valence-electron chi connectivity index (χ0n) is 13.1. The van der Waals surface area contributed by atoms with Crippen molar-refractivity contribution in [2.24, 2.45) is 5.92 Å². The Labute approximate surface area is 127 Å². The maximum atomic E-state index is 6.03. The summed E-state index contributed by atoms with van der Waals surface area (Å²) in [6.07, 6.45) is 11.6. The zero-order valence-corrected chi connectivity index (χ0v) is 13.1. The van der Waals surface area contributed by atoms with Gasteiger partial charge in [-0.3, -0.25) is 0 Å². The largest absolute Gasteiger partial charge is 0.376 e. The van der Waals surface area contributed by atoms with E-state index in [4.69, 9.17) is 4.74 Å². The van der Waals surface area contributed by atoms with E-state index >= 15 is 0 Å². The van der Waals surface area contributed by atoms with E-state index in [1.165, 1.54) is 44.9 Å². The standard InChI is InChI=1S/C16H28N4O/c1-2-13-4-3-5-16(10-13)21-9-8-20-12-15(18-19-20)11-17-14-6-7-14/h12-14,16-17H,2-11H2,1H3. The van der Waals surface area contributed by atoms with E-state index in [0.717, 1.165) is 37.4 Å². The average Bonchev–Trinajstić information content (AvgIpc) is 3.24. The maximum Gasteiger partial charge on any atom is 0.0964 e. The number of nitrogens with one attached hydrogen (secondary N) is 1. The van der Waals surface area contributed by atoms with Crippen LogP contribution < -0.4 is 5.32 Å². The second kappa shape index (κ2) is 7.36. The minimum Gasteiger partial charge on any atom is -0.376 e. The van der Waals surface area contributed by atoms with Gasteiger partial charge in [-0.05, 0) is 31.6 Å². The molecule has 2 aliphatic rings. The summed E-state index contributed by atoms with van der Waals surface area (Å²) in [7, 11) is 0. The molecule has 5 nitrogen and oxygen atoms in total. The molecule has 1 heterocycles. The third-order valence-corrected chi connectivity index (χ3v) is 4.72. The Hall–Kier alpha value is -0.940. The molecule has 0 aromatic carbocycles. The van der Waals surface area contributed by atoms with Crippen LogP contribution in [0.2, 0.25) is 0 Å². The number of ether oxygens (including phenoxy) is 1. The van der Waals surface area contributed by atoms with Gasteiger partial charge in [0, 0.05) is 18.8 Å². The molecule has 2 atom stereocenters. The third-order valence-electron chi connectivity index (χ3n) is 4.72. The molecule has 0 spiro atoms. The van der Waals surface area contributed by atoms with Crippen LogP contribution in [0.25, 0.3) is 0 Å². The molecule has 2 saturated carbocycles. The van der Waals surface area contributed by atoms with Crippen LogP contribution in [0.15, 0.2) is 6.20 Å². The number of aromatic nitrogens is 3. The molecule has 0 aliphatic heterocycles. The van der Waals surface area contributed by atoms with Crippen LogP contribution in [-0.4, -0.2) is 33.7 Å². The average molecular weight is 292 g/mol. The van der Waals surface area contributed by atoms with Crippen molar-refractivity contribution < 1.29 is 4.74 Å². The molecule has 0 radical (unpaired) electrons. The molecule has 1 N–H and O–H groups in total. The van der Waals surface area contributed by atoms with Gasteiger partial charge < -0.3 is 10.1 Å². The Morgan fingerprint density at radius 2 is 2.24 bits per heavy atom. The Morgan fingerprint density at radius 1 is 1.33 bits per heavy atom. The monoisotopic (exact) mass is 292 g/mol. The first-order valence-corrected chi connectivity index (χ1v) is 8.57. The van der Waals surface area contributed by atoms with Crippen molar-refractivity contribution >= 4 is 0 Å². The molecule has 5 heteroatoms. The Kier molecular flexibility index (Phi) is 5.25. The summed E-state index contributed by atoms with van der Waals surface area (Å²) >= 11 is 0. The van der Waals surface area contributed by atoms with Gasteiger partial charge in [0.1, 0.15) is 0 Å². The topological polar surface area (TPSA) is 52.0 Å². The van der Waals surface area contributed by atoms with Crippen molar-refractivity contribution in [3.05, 3.63) is 11.9 Å². The van der Waals surface area contributed by atoms with Crippen molar-refractivity contribution in [1.82, 2.24) is 20.3 Å². The molecule has 21 heavy (non-hydrogen) atoms. The molecule has 2 unspecified atom stereocenters. The Balaban J connectivity index is 1.34. The van der Waals surface area contributed by atoms with Gasteiger partial charge in [0.2, 0.25) is 0 Å². The minimum absolute atomic E-state index is 0.461. The van der Waals surface area contributed by atoms with Crippen molar-refractivity contribution in [1.29, 1.82) is 0 Å². The second-order valence-electron chi connectivity index (χ2n) is 6.56. The van der Waals surface area contributed by atoms with Crippen LogP contribution in [0.3, 0.4) is 0 Å². The molecule has 2 fully saturated rings. The van der Waals surface area contributed by atoms with E-state index in [2.05, 4.69) is 22.6 Å². The molecule has 0 amide bonds. The van der Waals surface area contributed by atoms with Crippen LogP contribution in [0, 0.1) is 5.92 Å². The van der Waals surface area contributed by atoms with Crippen LogP contribution in [-0.2, 0) is 17.8 Å². The van der Waals surface area contributed by atoms with Crippen LogP contribution in [0.5, 0.6) is 0 Å². The van der Waals surface area contributed by atoms with E-state index in [0.29, 0.717) is 6.10 Å². The summed E-state index contributed by atoms with van der Waals surface area (Å²) in [4.78, 5) is 0. The minimum atomic E-state index is 0.461. The molecule has 0 saturated heterocycles. The lowest BCUT2D eigenvalue weighted by atomic mass is 9.85. The Bertz CT molecular complexity index is 430. The fraction of sp³-hybridized carbons (Fsp3) is 0.875. The number of hydrogen-bond donors (Lipinski definition) is 1. The summed E-state index contributed by atoms with van der Waals surface area (Å²) in [6.45, 7) is 4.69. The van der Waals surface area contributed by atoms with Crippen LogP contribution >= 0.6 is 0 Å². The number of hydrogen-bond acceptors (Lipinski definition) is 4. The lowest BCUT2D eigenvalue weighted by Gasteiger charge is -2.28. The van der Waals surface area contributed by atoms with Crippen LogP contribution in [0.1, 0.15) is 57.6 Å². The highest BCUT2D eigenvalue weighted by molar-refractivity contribution is 4.94. The van der Waals surface area contributed by atoms with Gasteiger partial charge in [-0.25, -0.2) is 4.68 Å². The highest BCUT2D eigenvalue weighted by Gasteiger charge is 2.21. The predicted molar refractivity (Wildman–Crippen MR) is 81.9 cm³/mol. The number of nitrogens with zero attached hydrogens (tertiary/aromatic N) is 3. The summed E-state index contributed by atoms with van der Waals surface area (Å²) in [5, 5.41) is 11.8. The molecular weight excluding hydrogens is 264 g/mol. The summed E-state index contributed by atoms with van der Waals surface area (Å²) in [5.41, 5.74) is 1.03. The van der Waals surface area contributed by atoms with Crippen molar-refractivity contribution in [2.75, 3.05) is 6.61 Å². The highest BCUT2D eigenvalue weighted by atomic mass is 16.5. The predicted octanol–water partition coefficient (Wildman–Crippen LogP) is 2.52. The third kappa shape index (κ3) is 4.78. The van der Waals surface area contributed by atoms with E-state index in [1.807, 2.05) is 10.9 Å². The molecular formula is C16H28N4O. The van der Waals surface area contributed by atoms with Crippen molar-refractivity contribution in [3.8, 4) is 0 Å². The molecule has 1 aromatic heterocycles. The van der Waals surface area contributed by atoms with Gasteiger partial charge in [-0.1, -0.05) is 31.4 Å². The maximum absolute atomic E-state index is 6.03. The highest BCUT2D eigenvalue weighted by Crippen LogP contribution is 2.28. The summed E-state index contributed by atoms with van der Waals surface area (Å²) < 4.78 is 7.94. The van der Waals surface area contributed by atoms with Gasteiger partial charge in [0.15, 0.2) is 0 Å². The van der Waals surface area contributed by atoms with E-state index in [1.54, 1.807) is 0 Å². The SMILES string of the molecule is CCC1CCCC(OCCn2cc(CNC3CC3)nn2)C1. The van der Waals surface area contributed by atoms with Gasteiger partial charge in [-0.2, -0.15) is 0 Å². The summed E-state index contributed by atoms with van der Waals surface area (Å²) in [5.74, 6) is 0.871. The fourth-order valence-electron chi connectivity index (χ4n) is 3.14. The molecule has 3 rings (SSSR count). The van der Waals surface area contributed by atoms with Crippen molar-refractivity contribution in [2.45, 2.75) is 77.1 Å². The molecule has 2 aliphatic carbocycles.